The summed E-state index contributed by atoms with van der Waals surface area (Å²) in [5.41, 5.74) is 27.2. The third kappa shape index (κ3) is 10.9. The molecule has 496 valence electrons. The number of nitrogens with zero attached hydrogens (tertiary/aromatic N) is 4. The van der Waals surface area contributed by atoms with Crippen LogP contribution in [0.4, 0.5) is 34.1 Å². The molecule has 106 heavy (non-hydrogen) atoms. The SMILES string of the molecule is c1ccc(-c2ccc(-c3ccc(N(c4cccc(-n5c6ccccc6c6ccccc65)c4)c4cc5c6ccccc6c(N(c6ccc(-c7ccc(-c8ccccc8)cc7)cc6)c6cccc(-n7c8ccc(-c9ccccc9)cc8c8cc(-c9ccccc9)ccc87)c6)cc5c5ccccc45)cc3)cc2)cc1. The Bertz CT molecular complexity index is 6550. The summed E-state index contributed by atoms with van der Waals surface area (Å²) < 4.78 is 4.89. The molecule has 0 amide bonds. The zero-order chi connectivity index (χ0) is 70.0. The summed E-state index contributed by atoms with van der Waals surface area (Å²) in [4.78, 5) is 4.98. The van der Waals surface area contributed by atoms with Crippen molar-refractivity contribution < 1.29 is 0 Å². The molecule has 0 radical (unpaired) electrons. The molecule has 2 heterocycles. The first kappa shape index (κ1) is 61.8. The van der Waals surface area contributed by atoms with Gasteiger partial charge < -0.3 is 18.9 Å². The van der Waals surface area contributed by atoms with Gasteiger partial charge >= 0.3 is 0 Å². The van der Waals surface area contributed by atoms with Gasteiger partial charge in [0.15, 0.2) is 0 Å². The normalized spacial score (nSPS) is 11.6. The number of para-hydroxylation sites is 2. The van der Waals surface area contributed by atoms with Gasteiger partial charge in [-0.25, -0.2) is 0 Å². The number of hydrogen-bond donors (Lipinski definition) is 0. The van der Waals surface area contributed by atoms with E-state index in [1.807, 2.05) is 0 Å². The van der Waals surface area contributed by atoms with Crippen LogP contribution in [0.3, 0.4) is 0 Å². The maximum Gasteiger partial charge on any atom is 0.0546 e. The van der Waals surface area contributed by atoms with Crippen molar-refractivity contribution in [3.63, 3.8) is 0 Å². The number of anilines is 6. The highest BCUT2D eigenvalue weighted by Crippen LogP contribution is 2.50. The molecule has 0 saturated carbocycles. The standard InChI is InChI=1S/C102H68N4/c1-5-23-69(24-6-1)73-43-47-75(48-44-73)77-51-57-81(58-52-77)103(83-31-21-33-85(65-83)105-97-41-19-17-39-91(97)92-40-18-20-42-98(92)105)101-67-93-88-36-14-16-38-90(88)102(68-94(93)87-35-13-15-37-89(87)101)104(82-59-53-78(54-60-82)76-49-45-74(46-50-76)70-25-7-2-8-26-70)84-32-22-34-86(66-84)106-99-61-55-79(71-27-9-3-10-28-71)63-95(99)96-64-80(56-62-100(96)106)72-29-11-4-12-30-72/h1-68H. The van der Waals surface area contributed by atoms with Gasteiger partial charge in [0.05, 0.1) is 33.4 Å². The summed E-state index contributed by atoms with van der Waals surface area (Å²) in [7, 11) is 0. The highest BCUT2D eigenvalue weighted by atomic mass is 15.2. The molecular weight excluding hydrogens is 1280 g/mol. The fourth-order valence-corrected chi connectivity index (χ4v) is 16.4. The molecule has 0 fully saturated rings. The lowest BCUT2D eigenvalue weighted by atomic mass is 9.93. The summed E-state index contributed by atoms with van der Waals surface area (Å²) in [5.74, 6) is 0. The lowest BCUT2D eigenvalue weighted by molar-refractivity contribution is 1.17. The van der Waals surface area contributed by atoms with Crippen LogP contribution >= 0.6 is 0 Å². The smallest absolute Gasteiger partial charge is 0.0546 e. The second-order valence-electron chi connectivity index (χ2n) is 27.6. The largest absolute Gasteiger partial charge is 0.310 e. The predicted octanol–water partition coefficient (Wildman–Crippen LogP) is 28.3. The van der Waals surface area contributed by atoms with E-state index in [2.05, 4.69) is 431 Å². The van der Waals surface area contributed by atoms with E-state index in [1.54, 1.807) is 0 Å². The second kappa shape index (κ2) is 26.1. The zero-order valence-electron chi connectivity index (χ0n) is 58.0. The molecule has 0 aliphatic rings. The van der Waals surface area contributed by atoms with Gasteiger partial charge in [-0.15, -0.1) is 0 Å². The van der Waals surface area contributed by atoms with Gasteiger partial charge in [0.1, 0.15) is 0 Å². The Balaban J connectivity index is 0.778. The Morgan fingerprint density at radius 3 is 0.755 bits per heavy atom. The van der Waals surface area contributed by atoms with Crippen molar-refractivity contribution >= 4 is 110 Å². The molecule has 20 rings (SSSR count). The molecule has 0 saturated heterocycles. The van der Waals surface area contributed by atoms with Gasteiger partial charge in [0, 0.05) is 66.4 Å². The van der Waals surface area contributed by atoms with Gasteiger partial charge in [-0.2, -0.15) is 0 Å². The maximum absolute atomic E-state index is 2.49. The van der Waals surface area contributed by atoms with E-state index in [4.69, 9.17) is 0 Å². The number of rotatable bonds is 14. The molecular formula is C102H68N4. The quantitative estimate of drug-likeness (QED) is 0.101. The minimum atomic E-state index is 1.03. The summed E-state index contributed by atoms with van der Waals surface area (Å²) >= 11 is 0. The van der Waals surface area contributed by atoms with Gasteiger partial charge in [-0.05, 0) is 198 Å². The molecule has 0 atom stereocenters. The van der Waals surface area contributed by atoms with Gasteiger partial charge in [0.25, 0.3) is 0 Å². The van der Waals surface area contributed by atoms with E-state index < -0.39 is 0 Å². The Morgan fingerprint density at radius 2 is 0.406 bits per heavy atom. The molecule has 20 aromatic rings. The lowest BCUT2D eigenvalue weighted by Crippen LogP contribution is -2.12. The fourth-order valence-electron chi connectivity index (χ4n) is 16.4. The Morgan fingerprint density at radius 1 is 0.142 bits per heavy atom. The van der Waals surface area contributed by atoms with Crippen LogP contribution in [-0.2, 0) is 0 Å². The minimum Gasteiger partial charge on any atom is -0.310 e. The topological polar surface area (TPSA) is 16.3 Å². The summed E-state index contributed by atoms with van der Waals surface area (Å²) in [5, 5.41) is 11.7. The van der Waals surface area contributed by atoms with E-state index in [1.165, 1.54) is 77.1 Å². The predicted molar refractivity (Wildman–Crippen MR) is 450 cm³/mol. The van der Waals surface area contributed by atoms with Crippen molar-refractivity contribution in [2.45, 2.75) is 0 Å². The first-order chi connectivity index (χ1) is 52.6. The second-order valence-corrected chi connectivity index (χ2v) is 27.6. The van der Waals surface area contributed by atoms with Crippen LogP contribution in [0.2, 0.25) is 0 Å². The number of aromatic nitrogens is 2. The first-order valence-electron chi connectivity index (χ1n) is 36.4. The number of hydrogen-bond acceptors (Lipinski definition) is 2. The first-order valence-corrected chi connectivity index (χ1v) is 36.4. The van der Waals surface area contributed by atoms with Gasteiger partial charge in [-0.1, -0.05) is 303 Å². The van der Waals surface area contributed by atoms with Crippen LogP contribution in [0, 0.1) is 0 Å². The van der Waals surface area contributed by atoms with E-state index in [9.17, 15) is 0 Å². The van der Waals surface area contributed by atoms with Crippen LogP contribution in [0.25, 0.3) is 154 Å². The molecule has 0 bridgehead atoms. The molecule has 2 aromatic heterocycles. The van der Waals surface area contributed by atoms with Crippen LogP contribution < -0.4 is 9.80 Å². The molecule has 0 unspecified atom stereocenters. The summed E-state index contributed by atoms with van der Waals surface area (Å²) in [6.45, 7) is 0. The van der Waals surface area contributed by atoms with Crippen molar-refractivity contribution in [2.24, 2.45) is 0 Å². The molecule has 4 heteroatoms. The lowest BCUT2D eigenvalue weighted by Gasteiger charge is -2.30. The van der Waals surface area contributed by atoms with E-state index >= 15 is 0 Å². The fraction of sp³-hybridized carbons (Fsp3) is 0. The van der Waals surface area contributed by atoms with Gasteiger partial charge in [-0.3, -0.25) is 0 Å². The summed E-state index contributed by atoms with van der Waals surface area (Å²) in [6, 6.07) is 152. The van der Waals surface area contributed by atoms with Crippen LogP contribution in [0.1, 0.15) is 0 Å². The average Bonchev–Trinajstić information content (AvgIpc) is 1.31. The summed E-state index contributed by atoms with van der Waals surface area (Å²) in [6.07, 6.45) is 0. The van der Waals surface area contributed by atoms with Crippen molar-refractivity contribution in [1.82, 2.24) is 9.13 Å². The Labute approximate surface area is 615 Å². The molecule has 0 spiro atoms. The highest BCUT2D eigenvalue weighted by Gasteiger charge is 2.25. The third-order valence-corrected chi connectivity index (χ3v) is 21.5. The third-order valence-electron chi connectivity index (χ3n) is 21.5. The zero-order valence-corrected chi connectivity index (χ0v) is 58.0. The van der Waals surface area contributed by atoms with Crippen LogP contribution in [0.5, 0.6) is 0 Å². The highest BCUT2D eigenvalue weighted by molar-refractivity contribution is 6.25. The molecule has 0 aliphatic carbocycles. The van der Waals surface area contributed by atoms with Crippen molar-refractivity contribution in [3.8, 4) is 78.1 Å². The molecule has 0 aliphatic heterocycles. The van der Waals surface area contributed by atoms with E-state index in [0.29, 0.717) is 0 Å². The van der Waals surface area contributed by atoms with Crippen molar-refractivity contribution in [2.75, 3.05) is 9.80 Å². The minimum absolute atomic E-state index is 1.03. The van der Waals surface area contributed by atoms with Gasteiger partial charge in [0.2, 0.25) is 0 Å². The number of fused-ring (bicyclic) bond motifs is 11. The monoisotopic (exact) mass is 1350 g/mol. The Hall–Kier alpha value is -14.1. The molecule has 18 aromatic carbocycles. The van der Waals surface area contributed by atoms with Crippen LogP contribution in [-0.4, -0.2) is 9.13 Å². The van der Waals surface area contributed by atoms with E-state index in [-0.39, 0.29) is 0 Å². The average molecular weight is 1350 g/mol. The van der Waals surface area contributed by atoms with Crippen molar-refractivity contribution in [3.05, 3.63) is 413 Å². The molecule has 0 N–H and O–H groups in total. The molecule has 4 nitrogen and oxygen atoms in total. The van der Waals surface area contributed by atoms with Crippen LogP contribution in [0.15, 0.2) is 413 Å². The van der Waals surface area contributed by atoms with E-state index in [0.717, 1.165) is 111 Å². The Kier molecular flexibility index (Phi) is 15.2. The number of benzene rings is 18. The maximum atomic E-state index is 2.49. The van der Waals surface area contributed by atoms with Crippen molar-refractivity contribution in [1.29, 1.82) is 0 Å².